The molecule has 2 rings (SSSR count). The van der Waals surface area contributed by atoms with E-state index in [2.05, 4.69) is 10.6 Å². The van der Waals surface area contributed by atoms with Crippen LogP contribution in [0.3, 0.4) is 0 Å². The van der Waals surface area contributed by atoms with Gasteiger partial charge in [-0.1, -0.05) is 32.0 Å². The first-order valence-corrected chi connectivity index (χ1v) is 9.97. The highest BCUT2D eigenvalue weighted by atomic mass is 32.2. The lowest BCUT2D eigenvalue weighted by molar-refractivity contribution is -0.115. The van der Waals surface area contributed by atoms with Crippen molar-refractivity contribution in [2.75, 3.05) is 16.4 Å². The summed E-state index contributed by atoms with van der Waals surface area (Å²) in [6.07, 6.45) is 0.345. The maximum atomic E-state index is 12.7. The molecule has 0 heterocycles. The summed E-state index contributed by atoms with van der Waals surface area (Å²) in [5.41, 5.74) is 1.96. The Morgan fingerprint density at radius 3 is 2.35 bits per heavy atom. The van der Waals surface area contributed by atoms with Crippen molar-refractivity contribution in [3.8, 4) is 0 Å². The number of hydrogen-bond donors (Lipinski definition) is 2. The van der Waals surface area contributed by atoms with Gasteiger partial charge < -0.3 is 10.6 Å². The Morgan fingerprint density at radius 2 is 1.69 bits per heavy atom. The first kappa shape index (κ1) is 19.7. The Kier molecular flexibility index (Phi) is 6.15. The van der Waals surface area contributed by atoms with Crippen LogP contribution in [0.5, 0.6) is 0 Å². The molecule has 0 aromatic heterocycles. The Morgan fingerprint density at radius 1 is 1.00 bits per heavy atom. The molecule has 2 aromatic carbocycles. The number of aryl methyl sites for hydroxylation is 1. The van der Waals surface area contributed by atoms with Crippen molar-refractivity contribution in [2.24, 2.45) is 0 Å². The Bertz CT molecular complexity index is 936. The van der Waals surface area contributed by atoms with Crippen LogP contribution in [-0.4, -0.2) is 26.0 Å². The van der Waals surface area contributed by atoms with Crippen LogP contribution >= 0.6 is 0 Å². The molecule has 0 spiro atoms. The molecule has 0 saturated carbocycles. The molecular weight excluding hydrogens is 352 g/mol. The molecule has 2 N–H and O–H groups in total. The van der Waals surface area contributed by atoms with Crippen molar-refractivity contribution in [3.63, 3.8) is 0 Å². The van der Waals surface area contributed by atoms with Crippen LogP contribution < -0.4 is 10.6 Å². The monoisotopic (exact) mass is 374 g/mol. The highest BCUT2D eigenvalue weighted by molar-refractivity contribution is 7.91. The first-order chi connectivity index (χ1) is 12.3. The van der Waals surface area contributed by atoms with Gasteiger partial charge in [0.1, 0.15) is 0 Å². The van der Waals surface area contributed by atoms with Crippen LogP contribution in [0.25, 0.3) is 0 Å². The van der Waals surface area contributed by atoms with Gasteiger partial charge in [-0.05, 0) is 36.8 Å². The number of sulfone groups is 1. The number of hydrogen-bond acceptors (Lipinski definition) is 4. The molecule has 0 radical (unpaired) electrons. The van der Waals surface area contributed by atoms with Gasteiger partial charge in [0, 0.05) is 17.8 Å². The van der Waals surface area contributed by atoms with Gasteiger partial charge in [0.15, 0.2) is 9.84 Å². The van der Waals surface area contributed by atoms with Gasteiger partial charge in [-0.15, -0.1) is 0 Å². The summed E-state index contributed by atoms with van der Waals surface area (Å²) >= 11 is 0. The molecule has 2 aromatic rings. The zero-order valence-corrected chi connectivity index (χ0v) is 15.8. The fraction of sp³-hybridized carbons (Fsp3) is 0.263. The lowest BCUT2D eigenvalue weighted by Gasteiger charge is -2.13. The molecule has 138 valence electrons. The third-order valence-electron chi connectivity index (χ3n) is 3.94. The lowest BCUT2D eigenvalue weighted by Crippen LogP contribution is -2.18. The van der Waals surface area contributed by atoms with E-state index in [-0.39, 0.29) is 22.1 Å². The molecule has 7 heteroatoms. The van der Waals surface area contributed by atoms with Crippen LogP contribution in [0.15, 0.2) is 47.4 Å². The van der Waals surface area contributed by atoms with Gasteiger partial charge in [-0.25, -0.2) is 8.42 Å². The molecule has 0 atom stereocenters. The van der Waals surface area contributed by atoms with Gasteiger partial charge in [-0.3, -0.25) is 9.59 Å². The van der Waals surface area contributed by atoms with Crippen molar-refractivity contribution < 1.29 is 18.0 Å². The smallest absolute Gasteiger partial charge is 0.256 e. The van der Waals surface area contributed by atoms with Crippen LogP contribution in [0.2, 0.25) is 0 Å². The molecule has 0 fully saturated rings. The van der Waals surface area contributed by atoms with Crippen molar-refractivity contribution in [3.05, 3.63) is 53.6 Å². The summed E-state index contributed by atoms with van der Waals surface area (Å²) in [4.78, 5) is 24.2. The van der Waals surface area contributed by atoms with E-state index in [1.165, 1.54) is 19.1 Å². The number of nitrogens with one attached hydrogen (secondary N) is 2. The van der Waals surface area contributed by atoms with Crippen molar-refractivity contribution in [1.29, 1.82) is 0 Å². The minimum atomic E-state index is -3.52. The lowest BCUT2D eigenvalue weighted by atomic mass is 10.1. The predicted molar refractivity (Wildman–Crippen MR) is 102 cm³/mol. The molecule has 0 aliphatic carbocycles. The Balaban J connectivity index is 2.34. The van der Waals surface area contributed by atoms with E-state index in [0.717, 1.165) is 5.56 Å². The van der Waals surface area contributed by atoms with Gasteiger partial charge >= 0.3 is 0 Å². The highest BCUT2D eigenvalue weighted by Crippen LogP contribution is 2.23. The van der Waals surface area contributed by atoms with E-state index in [1.807, 2.05) is 6.92 Å². The van der Waals surface area contributed by atoms with Crippen molar-refractivity contribution in [1.82, 2.24) is 0 Å². The molecular formula is C19H22N2O4S. The summed E-state index contributed by atoms with van der Waals surface area (Å²) in [6, 6.07) is 11.3. The average molecular weight is 374 g/mol. The van der Waals surface area contributed by atoms with Gasteiger partial charge in [-0.2, -0.15) is 0 Å². The summed E-state index contributed by atoms with van der Waals surface area (Å²) in [5, 5.41) is 5.47. The minimum absolute atomic E-state index is 0.00749. The molecule has 0 aliphatic rings. The van der Waals surface area contributed by atoms with Gasteiger partial charge in [0.25, 0.3) is 5.91 Å². The average Bonchev–Trinajstić information content (AvgIpc) is 2.64. The fourth-order valence-corrected chi connectivity index (χ4v) is 3.45. The second-order valence-electron chi connectivity index (χ2n) is 5.79. The molecule has 0 saturated heterocycles. The number of benzene rings is 2. The third-order valence-corrected chi connectivity index (χ3v) is 5.72. The van der Waals surface area contributed by atoms with E-state index < -0.39 is 15.7 Å². The molecule has 26 heavy (non-hydrogen) atoms. The topological polar surface area (TPSA) is 92.3 Å². The molecule has 2 amide bonds. The maximum Gasteiger partial charge on any atom is 0.256 e. The molecule has 6 nitrogen and oxygen atoms in total. The van der Waals surface area contributed by atoms with E-state index in [1.54, 1.807) is 37.3 Å². The standard InChI is InChI=1S/C19H22N2O4S/c1-4-18(22)20-14-11-10-13(3)16(12-14)21-19(23)15-8-6-7-9-17(15)26(24,25)5-2/h6-12H,4-5H2,1-3H3,(H,20,22)(H,21,23). The van der Waals surface area contributed by atoms with Crippen molar-refractivity contribution >= 4 is 33.0 Å². The van der Waals surface area contributed by atoms with E-state index >= 15 is 0 Å². The fourth-order valence-electron chi connectivity index (χ4n) is 2.35. The zero-order valence-electron chi connectivity index (χ0n) is 15.0. The van der Waals surface area contributed by atoms with Crippen LogP contribution in [0.4, 0.5) is 11.4 Å². The SMILES string of the molecule is CCC(=O)Nc1ccc(C)c(NC(=O)c2ccccc2S(=O)(=O)CC)c1. The maximum absolute atomic E-state index is 12.7. The zero-order chi connectivity index (χ0) is 19.3. The number of amides is 2. The second kappa shape index (κ2) is 8.14. The highest BCUT2D eigenvalue weighted by Gasteiger charge is 2.21. The van der Waals surface area contributed by atoms with E-state index in [9.17, 15) is 18.0 Å². The number of rotatable bonds is 6. The number of carbonyl (C=O) groups excluding carboxylic acids is 2. The first-order valence-electron chi connectivity index (χ1n) is 8.32. The summed E-state index contributed by atoms with van der Waals surface area (Å²) in [6.45, 7) is 5.10. The predicted octanol–water partition coefficient (Wildman–Crippen LogP) is 3.39. The molecule has 0 bridgehead atoms. The van der Waals surface area contributed by atoms with E-state index in [4.69, 9.17) is 0 Å². The van der Waals surface area contributed by atoms with E-state index in [0.29, 0.717) is 17.8 Å². The third kappa shape index (κ3) is 4.49. The largest absolute Gasteiger partial charge is 0.326 e. The second-order valence-corrected chi connectivity index (χ2v) is 8.03. The number of anilines is 2. The quantitative estimate of drug-likeness (QED) is 0.811. The van der Waals surface area contributed by atoms with Gasteiger partial charge in [0.2, 0.25) is 5.91 Å². The Hall–Kier alpha value is -2.67. The Labute approximate surface area is 153 Å². The normalized spacial score (nSPS) is 11.0. The summed E-state index contributed by atoms with van der Waals surface area (Å²) in [5.74, 6) is -0.736. The van der Waals surface area contributed by atoms with Crippen molar-refractivity contribution in [2.45, 2.75) is 32.1 Å². The van der Waals surface area contributed by atoms with Crippen LogP contribution in [-0.2, 0) is 14.6 Å². The molecule has 0 unspecified atom stereocenters. The molecule has 0 aliphatic heterocycles. The van der Waals surface area contributed by atoms with Crippen LogP contribution in [0.1, 0.15) is 36.2 Å². The summed E-state index contributed by atoms with van der Waals surface area (Å²) < 4.78 is 24.5. The van der Waals surface area contributed by atoms with Crippen LogP contribution in [0, 0.1) is 6.92 Å². The van der Waals surface area contributed by atoms with Gasteiger partial charge in [0.05, 0.1) is 16.2 Å². The minimum Gasteiger partial charge on any atom is -0.326 e. The number of carbonyl (C=O) groups is 2. The summed E-state index contributed by atoms with van der Waals surface area (Å²) in [7, 11) is -3.52.